The van der Waals surface area contributed by atoms with Crippen LogP contribution in [0.3, 0.4) is 0 Å². The van der Waals surface area contributed by atoms with Gasteiger partial charge in [0.25, 0.3) is 0 Å². The maximum absolute atomic E-state index is 13.0. The van der Waals surface area contributed by atoms with Gasteiger partial charge in [-0.2, -0.15) is 4.31 Å². The van der Waals surface area contributed by atoms with Gasteiger partial charge in [-0.15, -0.1) is 0 Å². The van der Waals surface area contributed by atoms with Crippen molar-refractivity contribution in [2.24, 2.45) is 0 Å². The highest BCUT2D eigenvalue weighted by atomic mass is 35.5. The maximum Gasteiger partial charge on any atom is 0.244 e. The summed E-state index contributed by atoms with van der Waals surface area (Å²) in [4.78, 5) is -0.0757. The van der Waals surface area contributed by atoms with E-state index in [0.717, 1.165) is 12.1 Å². The molecule has 1 aromatic rings. The van der Waals surface area contributed by atoms with Gasteiger partial charge in [0, 0.05) is 13.1 Å². The molecule has 0 bridgehead atoms. The average Bonchev–Trinajstić information content (AvgIpc) is 2.27. The number of rotatable bonds is 2. The van der Waals surface area contributed by atoms with Crippen LogP contribution in [0, 0.1) is 5.82 Å². The first kappa shape index (κ1) is 14.7. The topological polar surface area (TPSA) is 46.6 Å². The van der Waals surface area contributed by atoms with Crippen molar-refractivity contribution in [2.75, 3.05) is 19.7 Å². The van der Waals surface area contributed by atoms with Crippen molar-refractivity contribution < 1.29 is 17.5 Å². The molecule has 1 aliphatic rings. The van der Waals surface area contributed by atoms with E-state index in [1.807, 2.05) is 13.8 Å². The molecule has 0 radical (unpaired) electrons. The Labute approximate surface area is 117 Å². The van der Waals surface area contributed by atoms with E-state index in [4.69, 9.17) is 16.3 Å². The highest BCUT2D eigenvalue weighted by Crippen LogP contribution is 2.28. The fraction of sp³-hybridized carbons (Fsp3) is 0.500. The van der Waals surface area contributed by atoms with Gasteiger partial charge < -0.3 is 4.74 Å². The maximum atomic E-state index is 13.0. The van der Waals surface area contributed by atoms with Gasteiger partial charge >= 0.3 is 0 Å². The molecular weight excluding hydrogens is 293 g/mol. The van der Waals surface area contributed by atoms with Gasteiger partial charge in [0.2, 0.25) is 10.0 Å². The molecular formula is C12H15ClFNO3S. The molecule has 7 heteroatoms. The van der Waals surface area contributed by atoms with Gasteiger partial charge in [0.15, 0.2) is 0 Å². The molecule has 0 unspecified atom stereocenters. The molecule has 1 heterocycles. The number of halogens is 2. The third kappa shape index (κ3) is 3.08. The number of benzene rings is 1. The van der Waals surface area contributed by atoms with Crippen LogP contribution >= 0.6 is 11.6 Å². The number of ether oxygens (including phenoxy) is 1. The quantitative estimate of drug-likeness (QED) is 0.842. The number of hydrogen-bond acceptors (Lipinski definition) is 3. The second-order valence-corrected chi connectivity index (χ2v) is 7.34. The first-order valence-electron chi connectivity index (χ1n) is 5.81. The number of hydrogen-bond donors (Lipinski definition) is 0. The van der Waals surface area contributed by atoms with E-state index in [9.17, 15) is 12.8 Å². The van der Waals surface area contributed by atoms with Crippen molar-refractivity contribution in [3.05, 3.63) is 29.0 Å². The SMILES string of the molecule is CC1(C)CN(S(=O)(=O)c2ccc(F)cc2Cl)CCO1. The largest absolute Gasteiger partial charge is 0.373 e. The van der Waals surface area contributed by atoms with E-state index in [1.54, 1.807) is 0 Å². The van der Waals surface area contributed by atoms with E-state index < -0.39 is 21.4 Å². The third-order valence-corrected chi connectivity index (χ3v) is 5.23. The fourth-order valence-corrected chi connectivity index (χ4v) is 4.08. The second kappa shape index (κ2) is 5.01. The minimum Gasteiger partial charge on any atom is -0.373 e. The van der Waals surface area contributed by atoms with Gasteiger partial charge in [-0.1, -0.05) is 11.6 Å². The van der Waals surface area contributed by atoms with Crippen LogP contribution in [0.1, 0.15) is 13.8 Å². The highest BCUT2D eigenvalue weighted by Gasteiger charge is 2.35. The average molecular weight is 308 g/mol. The molecule has 0 aliphatic carbocycles. The zero-order valence-corrected chi connectivity index (χ0v) is 12.3. The fourth-order valence-electron chi connectivity index (χ4n) is 2.00. The van der Waals surface area contributed by atoms with E-state index in [0.29, 0.717) is 6.61 Å². The minimum absolute atomic E-state index is 0.0757. The molecule has 2 rings (SSSR count). The Morgan fingerprint density at radius 2 is 2.11 bits per heavy atom. The zero-order chi connectivity index (χ0) is 14.3. The third-order valence-electron chi connectivity index (χ3n) is 2.90. The Hall–Kier alpha value is -0.690. The summed E-state index contributed by atoms with van der Waals surface area (Å²) >= 11 is 5.83. The van der Waals surface area contributed by atoms with Crippen molar-refractivity contribution in [2.45, 2.75) is 24.3 Å². The Bertz CT molecular complexity index is 589. The van der Waals surface area contributed by atoms with Crippen LogP contribution in [0.15, 0.2) is 23.1 Å². The zero-order valence-electron chi connectivity index (χ0n) is 10.7. The standard InChI is InChI=1S/C12H15ClFNO3S/c1-12(2)8-15(5-6-18-12)19(16,17)11-4-3-9(14)7-10(11)13/h3-4,7H,5-6,8H2,1-2H3. The lowest BCUT2D eigenvalue weighted by Crippen LogP contribution is -2.50. The molecule has 106 valence electrons. The van der Waals surface area contributed by atoms with Crippen LogP contribution in [0.4, 0.5) is 4.39 Å². The summed E-state index contributed by atoms with van der Waals surface area (Å²) in [6.45, 7) is 4.47. The molecule has 19 heavy (non-hydrogen) atoms. The lowest BCUT2D eigenvalue weighted by atomic mass is 10.1. The minimum atomic E-state index is -3.73. The summed E-state index contributed by atoms with van der Waals surface area (Å²) in [5.74, 6) is -0.564. The highest BCUT2D eigenvalue weighted by molar-refractivity contribution is 7.89. The first-order chi connectivity index (χ1) is 8.72. The van der Waals surface area contributed by atoms with Gasteiger partial charge in [0.1, 0.15) is 10.7 Å². The molecule has 0 spiro atoms. The molecule has 0 N–H and O–H groups in total. The molecule has 1 aliphatic heterocycles. The summed E-state index contributed by atoms with van der Waals surface area (Å²) in [5.41, 5.74) is -0.544. The number of morpholine rings is 1. The van der Waals surface area contributed by atoms with Crippen molar-refractivity contribution in [1.82, 2.24) is 4.31 Å². The van der Waals surface area contributed by atoms with Crippen molar-refractivity contribution in [3.63, 3.8) is 0 Å². The smallest absolute Gasteiger partial charge is 0.244 e. The number of nitrogens with zero attached hydrogens (tertiary/aromatic N) is 1. The Kier molecular flexibility index (Phi) is 3.88. The van der Waals surface area contributed by atoms with Gasteiger partial charge in [-0.3, -0.25) is 0 Å². The van der Waals surface area contributed by atoms with Crippen LogP contribution < -0.4 is 0 Å². The summed E-state index contributed by atoms with van der Waals surface area (Å²) in [7, 11) is -3.73. The van der Waals surface area contributed by atoms with Crippen LogP contribution in [0.5, 0.6) is 0 Å². The Balaban J connectivity index is 2.37. The Morgan fingerprint density at radius 3 is 2.68 bits per heavy atom. The van der Waals surface area contributed by atoms with Crippen molar-refractivity contribution >= 4 is 21.6 Å². The molecule has 0 amide bonds. The molecule has 1 fully saturated rings. The summed E-state index contributed by atoms with van der Waals surface area (Å²) in [5, 5.41) is -0.107. The van der Waals surface area contributed by atoms with Crippen molar-refractivity contribution in [1.29, 1.82) is 0 Å². The lowest BCUT2D eigenvalue weighted by molar-refractivity contribution is -0.0640. The Morgan fingerprint density at radius 1 is 1.42 bits per heavy atom. The molecule has 1 aromatic carbocycles. The van der Waals surface area contributed by atoms with Gasteiger partial charge in [-0.05, 0) is 32.0 Å². The monoisotopic (exact) mass is 307 g/mol. The first-order valence-corrected chi connectivity index (χ1v) is 7.63. The van der Waals surface area contributed by atoms with Crippen LogP contribution in [-0.4, -0.2) is 38.0 Å². The number of sulfonamides is 1. The van der Waals surface area contributed by atoms with Crippen LogP contribution in [0.25, 0.3) is 0 Å². The van der Waals surface area contributed by atoms with Crippen LogP contribution in [-0.2, 0) is 14.8 Å². The van der Waals surface area contributed by atoms with Gasteiger partial charge in [0.05, 0.1) is 17.2 Å². The van der Waals surface area contributed by atoms with E-state index in [-0.39, 0.29) is 23.0 Å². The van der Waals surface area contributed by atoms with E-state index in [1.165, 1.54) is 10.4 Å². The molecule has 0 saturated carbocycles. The molecule has 1 saturated heterocycles. The summed E-state index contributed by atoms with van der Waals surface area (Å²) in [6.07, 6.45) is 0. The molecule has 0 atom stereocenters. The summed E-state index contributed by atoms with van der Waals surface area (Å²) in [6, 6.07) is 3.28. The second-order valence-electron chi connectivity index (χ2n) is 5.02. The predicted molar refractivity (Wildman–Crippen MR) is 70.2 cm³/mol. The van der Waals surface area contributed by atoms with E-state index in [2.05, 4.69) is 0 Å². The van der Waals surface area contributed by atoms with E-state index >= 15 is 0 Å². The molecule has 0 aromatic heterocycles. The lowest BCUT2D eigenvalue weighted by Gasteiger charge is -2.37. The normalized spacial score (nSPS) is 20.4. The molecule has 4 nitrogen and oxygen atoms in total. The van der Waals surface area contributed by atoms with Crippen molar-refractivity contribution in [3.8, 4) is 0 Å². The van der Waals surface area contributed by atoms with Gasteiger partial charge in [-0.25, -0.2) is 12.8 Å². The summed E-state index contributed by atoms with van der Waals surface area (Å²) < 4.78 is 44.7. The predicted octanol–water partition coefficient (Wildman–Crippen LogP) is 2.28. The van der Waals surface area contributed by atoms with Crippen LogP contribution in [0.2, 0.25) is 5.02 Å².